The van der Waals surface area contributed by atoms with Crippen LogP contribution in [0, 0.1) is 0 Å². The van der Waals surface area contributed by atoms with E-state index in [2.05, 4.69) is 4.98 Å². The highest BCUT2D eigenvalue weighted by Crippen LogP contribution is 2.18. The molecule has 1 atom stereocenters. The first-order valence-electron chi connectivity index (χ1n) is 5.18. The normalized spacial score (nSPS) is 12.3. The summed E-state index contributed by atoms with van der Waals surface area (Å²) < 4.78 is 0. The molecule has 0 unspecified atom stereocenters. The average molecular weight is 214 g/mol. The quantitative estimate of drug-likeness (QED) is 0.768. The van der Waals surface area contributed by atoms with E-state index in [1.807, 2.05) is 24.3 Å². The van der Waals surface area contributed by atoms with Crippen molar-refractivity contribution in [2.45, 2.75) is 12.5 Å². The fourth-order valence-electron chi connectivity index (χ4n) is 1.58. The van der Waals surface area contributed by atoms with Gasteiger partial charge < -0.3 is 10.8 Å². The van der Waals surface area contributed by atoms with E-state index in [0.29, 0.717) is 12.1 Å². The molecule has 0 aliphatic carbocycles. The molecular weight excluding hydrogens is 200 g/mol. The molecule has 82 valence electrons. The zero-order valence-electron chi connectivity index (χ0n) is 8.88. The van der Waals surface area contributed by atoms with Crippen LogP contribution in [0.15, 0.2) is 48.8 Å². The van der Waals surface area contributed by atoms with Crippen LogP contribution in [0.3, 0.4) is 0 Å². The van der Waals surface area contributed by atoms with Gasteiger partial charge in [-0.25, -0.2) is 0 Å². The molecule has 0 bridgehead atoms. The monoisotopic (exact) mass is 214 g/mol. The predicted octanol–water partition coefficient (Wildman–Crippen LogP) is 1.94. The lowest BCUT2D eigenvalue weighted by molar-refractivity contribution is 0.178. The van der Waals surface area contributed by atoms with Crippen LogP contribution in [0.5, 0.6) is 0 Å². The molecule has 0 spiro atoms. The van der Waals surface area contributed by atoms with E-state index in [1.165, 1.54) is 0 Å². The molecule has 1 aromatic heterocycles. The van der Waals surface area contributed by atoms with Crippen LogP contribution < -0.4 is 5.73 Å². The van der Waals surface area contributed by atoms with E-state index >= 15 is 0 Å². The number of nitrogens with two attached hydrogens (primary N) is 1. The zero-order valence-corrected chi connectivity index (χ0v) is 8.88. The molecule has 0 aliphatic heterocycles. The molecule has 0 saturated carbocycles. The number of hydrogen-bond acceptors (Lipinski definition) is 3. The maximum absolute atomic E-state index is 10.0. The number of benzene rings is 1. The van der Waals surface area contributed by atoms with Crippen LogP contribution in [0.4, 0.5) is 5.69 Å². The van der Waals surface area contributed by atoms with Crippen LogP contribution in [0.25, 0.3) is 0 Å². The van der Waals surface area contributed by atoms with Crippen molar-refractivity contribution in [3.63, 3.8) is 0 Å². The first-order valence-corrected chi connectivity index (χ1v) is 5.18. The number of nitrogen functional groups attached to an aromatic ring is 1. The predicted molar refractivity (Wildman–Crippen MR) is 63.8 cm³/mol. The maximum Gasteiger partial charge on any atom is 0.0830 e. The summed E-state index contributed by atoms with van der Waals surface area (Å²) in [4.78, 5) is 3.94. The lowest BCUT2D eigenvalue weighted by Crippen LogP contribution is -2.01. The Morgan fingerprint density at radius 1 is 1.06 bits per heavy atom. The van der Waals surface area contributed by atoms with E-state index in [-0.39, 0.29) is 0 Å². The number of pyridine rings is 1. The van der Waals surface area contributed by atoms with Crippen molar-refractivity contribution in [3.05, 3.63) is 59.9 Å². The van der Waals surface area contributed by atoms with Gasteiger partial charge in [-0.1, -0.05) is 12.1 Å². The summed E-state index contributed by atoms with van der Waals surface area (Å²) in [6, 6.07) is 11.1. The van der Waals surface area contributed by atoms with Crippen LogP contribution in [0.1, 0.15) is 17.2 Å². The highest BCUT2D eigenvalue weighted by atomic mass is 16.3. The molecule has 2 rings (SSSR count). The third-order valence-corrected chi connectivity index (χ3v) is 2.50. The minimum absolute atomic E-state index is 0.497. The number of nitrogens with zero attached hydrogens (tertiary/aromatic N) is 1. The van der Waals surface area contributed by atoms with Crippen molar-refractivity contribution in [3.8, 4) is 0 Å². The molecule has 1 heterocycles. The first kappa shape index (κ1) is 10.6. The lowest BCUT2D eigenvalue weighted by Gasteiger charge is -2.10. The second kappa shape index (κ2) is 4.77. The molecule has 0 fully saturated rings. The highest BCUT2D eigenvalue weighted by molar-refractivity contribution is 5.40. The number of aromatic nitrogens is 1. The van der Waals surface area contributed by atoms with Crippen molar-refractivity contribution in [1.29, 1.82) is 0 Å². The summed E-state index contributed by atoms with van der Waals surface area (Å²) in [5.74, 6) is 0. The Bertz CT molecular complexity index is 439. The number of aliphatic hydroxyl groups excluding tert-OH is 1. The Balaban J connectivity index is 2.09. The summed E-state index contributed by atoms with van der Waals surface area (Å²) in [6.45, 7) is 0. The second-order valence-corrected chi connectivity index (χ2v) is 3.74. The van der Waals surface area contributed by atoms with Gasteiger partial charge in [0.2, 0.25) is 0 Å². The van der Waals surface area contributed by atoms with Crippen molar-refractivity contribution < 1.29 is 5.11 Å². The van der Waals surface area contributed by atoms with Crippen LogP contribution in [-0.4, -0.2) is 10.1 Å². The van der Waals surface area contributed by atoms with Gasteiger partial charge >= 0.3 is 0 Å². The van der Waals surface area contributed by atoms with Crippen molar-refractivity contribution in [2.24, 2.45) is 0 Å². The minimum Gasteiger partial charge on any atom is -0.399 e. The van der Waals surface area contributed by atoms with Gasteiger partial charge in [0.05, 0.1) is 6.10 Å². The third kappa shape index (κ3) is 2.58. The summed E-state index contributed by atoms with van der Waals surface area (Å²) in [7, 11) is 0. The van der Waals surface area contributed by atoms with Gasteiger partial charge in [-0.15, -0.1) is 0 Å². The van der Waals surface area contributed by atoms with Gasteiger partial charge in [0.15, 0.2) is 0 Å². The smallest absolute Gasteiger partial charge is 0.0830 e. The van der Waals surface area contributed by atoms with E-state index in [0.717, 1.165) is 11.1 Å². The van der Waals surface area contributed by atoms with Crippen molar-refractivity contribution >= 4 is 5.69 Å². The molecule has 0 amide bonds. The second-order valence-electron chi connectivity index (χ2n) is 3.74. The fourth-order valence-corrected chi connectivity index (χ4v) is 1.58. The molecule has 3 N–H and O–H groups in total. The molecule has 0 radical (unpaired) electrons. The van der Waals surface area contributed by atoms with Crippen LogP contribution >= 0.6 is 0 Å². The van der Waals surface area contributed by atoms with Gasteiger partial charge in [-0.2, -0.15) is 0 Å². The lowest BCUT2D eigenvalue weighted by atomic mass is 10.0. The standard InChI is InChI=1S/C13H14N2O/c14-12-3-1-11(2-4-12)13(16)9-10-5-7-15-8-6-10/h1-8,13,16H,9,14H2/t13-/m0/s1. The largest absolute Gasteiger partial charge is 0.399 e. The fraction of sp³-hybridized carbons (Fsp3) is 0.154. The first-order chi connectivity index (χ1) is 7.75. The van der Waals surface area contributed by atoms with E-state index < -0.39 is 6.10 Å². The van der Waals surface area contributed by atoms with Gasteiger partial charge in [0, 0.05) is 24.5 Å². The Morgan fingerprint density at radius 2 is 1.69 bits per heavy atom. The summed E-state index contributed by atoms with van der Waals surface area (Å²) in [5.41, 5.74) is 8.25. The average Bonchev–Trinajstić information content (AvgIpc) is 2.31. The van der Waals surface area contributed by atoms with Gasteiger partial charge in [0.25, 0.3) is 0 Å². The summed E-state index contributed by atoms with van der Waals surface area (Å²) >= 11 is 0. The number of hydrogen-bond donors (Lipinski definition) is 2. The van der Waals surface area contributed by atoms with E-state index in [1.54, 1.807) is 24.5 Å². The Labute approximate surface area is 94.6 Å². The Kier molecular flexibility index (Phi) is 3.17. The number of anilines is 1. The van der Waals surface area contributed by atoms with E-state index in [9.17, 15) is 5.11 Å². The third-order valence-electron chi connectivity index (χ3n) is 2.50. The van der Waals surface area contributed by atoms with Crippen LogP contribution in [0.2, 0.25) is 0 Å². The molecule has 0 aliphatic rings. The summed E-state index contributed by atoms with van der Waals surface area (Å²) in [6.07, 6.45) is 3.55. The maximum atomic E-state index is 10.0. The van der Waals surface area contributed by atoms with Gasteiger partial charge in [-0.3, -0.25) is 4.98 Å². The highest BCUT2D eigenvalue weighted by Gasteiger charge is 2.07. The van der Waals surface area contributed by atoms with Crippen molar-refractivity contribution in [2.75, 3.05) is 5.73 Å². The molecule has 2 aromatic rings. The minimum atomic E-state index is -0.497. The molecule has 0 saturated heterocycles. The molecule has 3 nitrogen and oxygen atoms in total. The molecule has 3 heteroatoms. The molecule has 16 heavy (non-hydrogen) atoms. The van der Waals surface area contributed by atoms with Crippen LogP contribution in [-0.2, 0) is 6.42 Å². The summed E-state index contributed by atoms with van der Waals surface area (Å²) in [5, 5.41) is 10.0. The topological polar surface area (TPSA) is 59.1 Å². The van der Waals surface area contributed by atoms with Gasteiger partial charge in [0.1, 0.15) is 0 Å². The Hall–Kier alpha value is -1.87. The van der Waals surface area contributed by atoms with E-state index in [4.69, 9.17) is 5.73 Å². The zero-order chi connectivity index (χ0) is 11.4. The molecular formula is C13H14N2O. The van der Waals surface area contributed by atoms with Gasteiger partial charge in [-0.05, 0) is 35.4 Å². The SMILES string of the molecule is Nc1ccc([C@@H](O)Cc2ccncc2)cc1. The number of rotatable bonds is 3. The Morgan fingerprint density at radius 3 is 2.31 bits per heavy atom. The number of aliphatic hydroxyl groups is 1. The molecule has 1 aromatic carbocycles. The van der Waals surface area contributed by atoms with Crippen molar-refractivity contribution in [1.82, 2.24) is 4.98 Å².